The van der Waals surface area contributed by atoms with Crippen LogP contribution >= 0.6 is 0 Å². The Balaban J connectivity index is 1.27. The first-order chi connectivity index (χ1) is 34.0. The lowest BCUT2D eigenvalue weighted by Crippen LogP contribution is -2.05. The maximum atomic E-state index is 10.8. The van der Waals surface area contributed by atoms with Crippen LogP contribution in [-0.2, 0) is 0 Å². The monoisotopic (exact) mass is 878 g/mol. The molecule has 0 aliphatic carbocycles. The van der Waals surface area contributed by atoms with Crippen LogP contribution in [0.15, 0.2) is 206 Å². The molecule has 318 valence electrons. The van der Waals surface area contributed by atoms with Gasteiger partial charge < -0.3 is 4.57 Å². The van der Waals surface area contributed by atoms with Gasteiger partial charge in [-0.2, -0.15) is 21.0 Å². The Bertz CT molecular complexity index is 3730. The van der Waals surface area contributed by atoms with Gasteiger partial charge in [-0.3, -0.25) is 0 Å². The predicted molar refractivity (Wildman–Crippen MR) is 271 cm³/mol. The molecule has 11 aromatic rings. The van der Waals surface area contributed by atoms with Crippen LogP contribution in [0, 0.1) is 45.3 Å². The van der Waals surface area contributed by atoms with E-state index in [9.17, 15) is 21.0 Å². The van der Waals surface area contributed by atoms with Crippen molar-refractivity contribution in [3.63, 3.8) is 0 Å². The number of hydrogen-bond donors (Lipinski definition) is 0. The van der Waals surface area contributed by atoms with E-state index in [1.165, 1.54) is 0 Å². The standard InChI is InChI=1S/C61H34N8/c62-35-39-19-23-41(24-20-39)45-27-29-56-52(31-45)53-32-46(42-25-21-40(36-63)22-26-42)28-30-57(53)69(56)58-54(50-17-9-7-15-47(50)37-64)33-49(34-55(58)51-18-10-8-16-48(51)38-65)61-67-59(43-11-3-1-4-12-43)66-60(68-61)44-13-5-2-6-14-44/h1-34H. The van der Waals surface area contributed by atoms with E-state index in [4.69, 9.17) is 15.0 Å². The maximum Gasteiger partial charge on any atom is 0.164 e. The molecule has 8 nitrogen and oxygen atoms in total. The number of benzene rings is 9. The molecule has 69 heavy (non-hydrogen) atoms. The summed E-state index contributed by atoms with van der Waals surface area (Å²) in [6, 6.07) is 76.1. The molecule has 2 aromatic heterocycles. The molecule has 9 aromatic carbocycles. The molecule has 0 aliphatic heterocycles. The van der Waals surface area contributed by atoms with Crippen LogP contribution in [0.5, 0.6) is 0 Å². The summed E-state index contributed by atoms with van der Waals surface area (Å²) >= 11 is 0. The minimum absolute atomic E-state index is 0.418. The second-order valence-electron chi connectivity index (χ2n) is 16.5. The Morgan fingerprint density at radius 1 is 0.304 bits per heavy atom. The molecule has 0 N–H and O–H groups in total. The smallest absolute Gasteiger partial charge is 0.164 e. The molecule has 11 rings (SSSR count). The molecular formula is C61H34N8. The van der Waals surface area contributed by atoms with Crippen LogP contribution in [0.4, 0.5) is 0 Å². The van der Waals surface area contributed by atoms with Crippen molar-refractivity contribution in [1.29, 1.82) is 21.0 Å². The first kappa shape index (κ1) is 41.5. The van der Waals surface area contributed by atoms with Crippen molar-refractivity contribution in [3.05, 3.63) is 229 Å². The van der Waals surface area contributed by atoms with E-state index in [0.717, 1.165) is 72.0 Å². The molecule has 0 fully saturated rings. The fourth-order valence-corrected chi connectivity index (χ4v) is 9.08. The van der Waals surface area contributed by atoms with Crippen molar-refractivity contribution in [2.24, 2.45) is 0 Å². The van der Waals surface area contributed by atoms with E-state index < -0.39 is 0 Å². The van der Waals surface area contributed by atoms with Crippen LogP contribution < -0.4 is 0 Å². The first-order valence-corrected chi connectivity index (χ1v) is 22.2. The highest BCUT2D eigenvalue weighted by molar-refractivity contribution is 6.13. The van der Waals surface area contributed by atoms with Crippen molar-refractivity contribution in [2.45, 2.75) is 0 Å². The third-order valence-corrected chi connectivity index (χ3v) is 12.4. The van der Waals surface area contributed by atoms with Crippen LogP contribution in [-0.4, -0.2) is 19.5 Å². The molecule has 0 saturated carbocycles. The minimum atomic E-state index is 0.418. The maximum absolute atomic E-state index is 10.8. The molecule has 8 heteroatoms. The Hall–Kier alpha value is -10.3. The fraction of sp³-hybridized carbons (Fsp3) is 0. The van der Waals surface area contributed by atoms with Crippen LogP contribution in [0.2, 0.25) is 0 Å². The van der Waals surface area contributed by atoms with E-state index in [-0.39, 0.29) is 0 Å². The summed E-state index contributed by atoms with van der Waals surface area (Å²) in [6.45, 7) is 0. The average Bonchev–Trinajstić information content (AvgIpc) is 3.75. The number of fused-ring (bicyclic) bond motifs is 3. The Labute approximate surface area is 397 Å². The number of aromatic nitrogens is 4. The summed E-state index contributed by atoms with van der Waals surface area (Å²) in [5.41, 5.74) is 13.6. The fourth-order valence-electron chi connectivity index (χ4n) is 9.08. The summed E-state index contributed by atoms with van der Waals surface area (Å²) in [7, 11) is 0. The minimum Gasteiger partial charge on any atom is -0.308 e. The Kier molecular flexibility index (Phi) is 10.6. The highest BCUT2D eigenvalue weighted by Gasteiger charge is 2.26. The lowest BCUT2D eigenvalue weighted by molar-refractivity contribution is 1.07. The van der Waals surface area contributed by atoms with Crippen LogP contribution in [0.3, 0.4) is 0 Å². The largest absolute Gasteiger partial charge is 0.308 e. The van der Waals surface area contributed by atoms with Gasteiger partial charge in [-0.15, -0.1) is 0 Å². The molecular weight excluding hydrogens is 845 g/mol. The molecule has 0 spiro atoms. The second-order valence-corrected chi connectivity index (χ2v) is 16.5. The van der Waals surface area contributed by atoms with Gasteiger partial charge in [0.2, 0.25) is 0 Å². The summed E-state index contributed by atoms with van der Waals surface area (Å²) in [5.74, 6) is 1.42. The van der Waals surface area contributed by atoms with Gasteiger partial charge in [0, 0.05) is 49.7 Å². The van der Waals surface area contributed by atoms with Crippen molar-refractivity contribution in [1.82, 2.24) is 19.5 Å². The van der Waals surface area contributed by atoms with Crippen LogP contribution in [0.25, 0.3) is 106 Å². The van der Waals surface area contributed by atoms with Crippen LogP contribution in [0.1, 0.15) is 22.3 Å². The molecule has 0 aliphatic rings. The average molecular weight is 879 g/mol. The molecule has 0 unspecified atom stereocenters. The second kappa shape index (κ2) is 17.6. The van der Waals surface area contributed by atoms with Gasteiger partial charge in [0.1, 0.15) is 0 Å². The number of nitriles is 4. The third-order valence-electron chi connectivity index (χ3n) is 12.4. The zero-order chi connectivity index (χ0) is 46.8. The molecule has 0 radical (unpaired) electrons. The van der Waals surface area contributed by atoms with Crippen molar-refractivity contribution in [3.8, 4) is 109 Å². The quantitative estimate of drug-likeness (QED) is 0.148. The first-order valence-electron chi connectivity index (χ1n) is 22.2. The summed E-state index contributed by atoms with van der Waals surface area (Å²) in [6.07, 6.45) is 0. The summed E-state index contributed by atoms with van der Waals surface area (Å²) in [4.78, 5) is 15.3. The lowest BCUT2D eigenvalue weighted by atomic mass is 9.89. The van der Waals surface area contributed by atoms with Gasteiger partial charge in [0.15, 0.2) is 17.5 Å². The Morgan fingerprint density at radius 2 is 0.681 bits per heavy atom. The van der Waals surface area contributed by atoms with E-state index in [1.807, 2.05) is 158 Å². The topological polar surface area (TPSA) is 139 Å². The van der Waals surface area contributed by atoms with Gasteiger partial charge in [-0.25, -0.2) is 15.0 Å². The van der Waals surface area contributed by atoms with Gasteiger partial charge in [0.25, 0.3) is 0 Å². The van der Waals surface area contributed by atoms with Crippen molar-refractivity contribution in [2.75, 3.05) is 0 Å². The summed E-state index contributed by atoms with van der Waals surface area (Å²) in [5, 5.41) is 42.7. The molecule has 0 atom stereocenters. The molecule has 0 bridgehead atoms. The van der Waals surface area contributed by atoms with Gasteiger partial charge in [-0.05, 0) is 95.1 Å². The zero-order valence-electron chi connectivity index (χ0n) is 36.7. The number of hydrogen-bond acceptors (Lipinski definition) is 7. The summed E-state index contributed by atoms with van der Waals surface area (Å²) < 4.78 is 2.24. The van der Waals surface area contributed by atoms with E-state index in [2.05, 4.69) is 77.4 Å². The number of nitrogens with zero attached hydrogens (tertiary/aromatic N) is 8. The highest BCUT2D eigenvalue weighted by atomic mass is 15.0. The molecule has 0 amide bonds. The van der Waals surface area contributed by atoms with Gasteiger partial charge in [-0.1, -0.05) is 133 Å². The van der Waals surface area contributed by atoms with E-state index in [1.54, 1.807) is 0 Å². The predicted octanol–water partition coefficient (Wildman–Crippen LogP) is 14.1. The van der Waals surface area contributed by atoms with Crippen molar-refractivity contribution < 1.29 is 0 Å². The SMILES string of the molecule is N#Cc1ccc(-c2ccc3c(c2)c2cc(-c4ccc(C#N)cc4)ccc2n3-c2c(-c3ccccc3C#N)cc(-c3nc(-c4ccccc4)nc(-c4ccccc4)n3)cc2-c2ccccc2C#N)cc1. The van der Waals surface area contributed by atoms with Gasteiger partial charge in [0.05, 0.1) is 63.3 Å². The zero-order valence-corrected chi connectivity index (χ0v) is 36.7. The third kappa shape index (κ3) is 7.59. The van der Waals surface area contributed by atoms with E-state index in [0.29, 0.717) is 56.4 Å². The van der Waals surface area contributed by atoms with Crippen molar-refractivity contribution >= 4 is 21.8 Å². The molecule has 0 saturated heterocycles. The molecule has 2 heterocycles. The highest BCUT2D eigenvalue weighted by Crippen LogP contribution is 2.46. The Morgan fingerprint density at radius 3 is 1.09 bits per heavy atom. The number of rotatable bonds is 8. The lowest BCUT2D eigenvalue weighted by Gasteiger charge is -2.22. The van der Waals surface area contributed by atoms with Gasteiger partial charge >= 0.3 is 0 Å². The van der Waals surface area contributed by atoms with E-state index >= 15 is 0 Å². The normalized spacial score (nSPS) is 10.8.